The third-order valence-electron chi connectivity index (χ3n) is 4.60. The van der Waals surface area contributed by atoms with Gasteiger partial charge < -0.3 is 19.5 Å². The highest BCUT2D eigenvalue weighted by Crippen LogP contribution is 2.33. The van der Waals surface area contributed by atoms with Gasteiger partial charge in [-0.25, -0.2) is 4.98 Å². The fourth-order valence-electron chi connectivity index (χ4n) is 3.15. The number of hydrogen-bond acceptors (Lipinski definition) is 7. The van der Waals surface area contributed by atoms with Crippen LogP contribution >= 0.6 is 11.3 Å². The monoisotopic (exact) mass is 415 g/mol. The lowest BCUT2D eigenvalue weighted by Gasteiger charge is -2.18. The molecule has 1 N–H and O–H groups in total. The number of nitrogens with one attached hydrogen (secondary N) is 1. The summed E-state index contributed by atoms with van der Waals surface area (Å²) in [5, 5.41) is 3.34. The largest absolute Gasteiger partial charge is 0.486 e. The first-order valence-electron chi connectivity index (χ1n) is 9.35. The van der Waals surface area contributed by atoms with Gasteiger partial charge in [-0.05, 0) is 31.5 Å². The molecule has 1 aromatic carbocycles. The Hall–Kier alpha value is -2.91. The van der Waals surface area contributed by atoms with Crippen LogP contribution in [0.4, 0.5) is 5.69 Å². The number of fused-ring (bicyclic) bond motifs is 2. The number of carbonyl (C=O) groups is 1. The van der Waals surface area contributed by atoms with Crippen molar-refractivity contribution in [2.45, 2.75) is 20.4 Å². The molecule has 8 nitrogen and oxygen atoms in total. The Morgan fingerprint density at radius 2 is 2.10 bits per heavy atom. The van der Waals surface area contributed by atoms with Crippen molar-refractivity contribution in [2.75, 3.05) is 31.7 Å². The van der Waals surface area contributed by atoms with E-state index in [0.29, 0.717) is 70.8 Å². The van der Waals surface area contributed by atoms with Crippen molar-refractivity contribution in [1.82, 2.24) is 9.55 Å². The Kier molecular flexibility index (Phi) is 5.50. The second-order valence-corrected chi connectivity index (χ2v) is 7.49. The molecule has 0 aliphatic carbocycles. The molecular weight excluding hydrogens is 394 g/mol. The summed E-state index contributed by atoms with van der Waals surface area (Å²) < 4.78 is 17.9. The third kappa shape index (κ3) is 3.83. The molecule has 0 saturated carbocycles. The maximum absolute atomic E-state index is 12.9. The Morgan fingerprint density at radius 1 is 1.31 bits per heavy atom. The van der Waals surface area contributed by atoms with Crippen LogP contribution in [-0.4, -0.2) is 41.9 Å². The minimum absolute atomic E-state index is 0.165. The van der Waals surface area contributed by atoms with Gasteiger partial charge in [0.2, 0.25) is 0 Å². The molecule has 0 bridgehead atoms. The number of thiophene rings is 1. The standard InChI is InChI=1S/C20H21N3O5S/c1-3-26-7-6-23-11-21-19-16(20(23)25)12(2)17(29-19)18(24)22-13-4-5-14-15(10-13)28-9-8-27-14/h4-5,10-11H,3,6-9H2,1-2H3,(H,22,24). The van der Waals surface area contributed by atoms with Gasteiger partial charge in [0.05, 0.1) is 29.7 Å². The van der Waals surface area contributed by atoms with E-state index in [4.69, 9.17) is 14.2 Å². The molecule has 0 spiro atoms. The maximum atomic E-state index is 12.9. The van der Waals surface area contributed by atoms with Crippen molar-refractivity contribution in [3.05, 3.63) is 45.3 Å². The number of carbonyl (C=O) groups excluding carboxylic acids is 1. The first-order chi connectivity index (χ1) is 14.1. The average molecular weight is 415 g/mol. The predicted octanol–water partition coefficient (Wildman–Crippen LogP) is 2.83. The lowest BCUT2D eigenvalue weighted by atomic mass is 10.2. The topological polar surface area (TPSA) is 91.7 Å². The highest BCUT2D eigenvalue weighted by Gasteiger charge is 2.20. The number of amides is 1. The zero-order valence-corrected chi connectivity index (χ0v) is 17.0. The van der Waals surface area contributed by atoms with Crippen molar-refractivity contribution in [3.8, 4) is 11.5 Å². The summed E-state index contributed by atoms with van der Waals surface area (Å²) in [6, 6.07) is 5.25. The molecule has 0 fully saturated rings. The van der Waals surface area contributed by atoms with E-state index < -0.39 is 0 Å². The lowest BCUT2D eigenvalue weighted by Crippen LogP contribution is -2.23. The number of aryl methyl sites for hydroxylation is 1. The second kappa shape index (κ2) is 8.22. The predicted molar refractivity (Wildman–Crippen MR) is 110 cm³/mol. The number of nitrogens with zero attached hydrogens (tertiary/aromatic N) is 2. The molecule has 9 heteroatoms. The Balaban J connectivity index is 1.60. The summed E-state index contributed by atoms with van der Waals surface area (Å²) in [6.45, 7) is 6.10. The first kappa shape index (κ1) is 19.4. The Bertz CT molecular complexity index is 1120. The van der Waals surface area contributed by atoms with E-state index in [0.717, 1.165) is 0 Å². The number of anilines is 1. The fraction of sp³-hybridized carbons (Fsp3) is 0.350. The van der Waals surface area contributed by atoms with Crippen LogP contribution in [0.5, 0.6) is 11.5 Å². The first-order valence-corrected chi connectivity index (χ1v) is 10.2. The van der Waals surface area contributed by atoms with E-state index in [1.54, 1.807) is 25.1 Å². The average Bonchev–Trinajstić information content (AvgIpc) is 3.07. The molecule has 2 aromatic heterocycles. The van der Waals surface area contributed by atoms with Crippen LogP contribution in [0, 0.1) is 6.92 Å². The molecule has 29 heavy (non-hydrogen) atoms. The van der Waals surface area contributed by atoms with Gasteiger partial charge in [-0.2, -0.15) is 0 Å². The number of rotatable bonds is 6. The Labute approximate surface area is 171 Å². The molecule has 0 atom stereocenters. The molecule has 4 rings (SSSR count). The molecule has 0 saturated heterocycles. The van der Waals surface area contributed by atoms with Crippen molar-refractivity contribution < 1.29 is 19.0 Å². The van der Waals surface area contributed by atoms with Gasteiger partial charge in [-0.1, -0.05) is 0 Å². The minimum Gasteiger partial charge on any atom is -0.486 e. The van der Waals surface area contributed by atoms with Crippen LogP contribution < -0.4 is 20.3 Å². The second-order valence-electron chi connectivity index (χ2n) is 6.49. The molecule has 0 radical (unpaired) electrons. The van der Waals surface area contributed by atoms with Crippen LogP contribution in [0.1, 0.15) is 22.2 Å². The molecule has 1 aliphatic rings. The number of hydrogen-bond donors (Lipinski definition) is 1. The van der Waals surface area contributed by atoms with Crippen molar-refractivity contribution >= 4 is 33.1 Å². The van der Waals surface area contributed by atoms with Gasteiger partial charge in [-0.3, -0.25) is 14.2 Å². The molecule has 3 heterocycles. The summed E-state index contributed by atoms with van der Waals surface area (Å²) in [4.78, 5) is 31.0. The van der Waals surface area contributed by atoms with E-state index in [9.17, 15) is 9.59 Å². The van der Waals surface area contributed by atoms with E-state index in [1.165, 1.54) is 22.2 Å². The summed E-state index contributed by atoms with van der Waals surface area (Å²) in [7, 11) is 0. The van der Waals surface area contributed by atoms with E-state index in [-0.39, 0.29) is 11.5 Å². The summed E-state index contributed by atoms with van der Waals surface area (Å²) >= 11 is 1.21. The molecule has 1 amide bonds. The van der Waals surface area contributed by atoms with Crippen LogP contribution in [-0.2, 0) is 11.3 Å². The smallest absolute Gasteiger partial charge is 0.266 e. The number of benzene rings is 1. The zero-order chi connectivity index (χ0) is 20.4. The molecular formula is C20H21N3O5S. The van der Waals surface area contributed by atoms with Crippen LogP contribution in [0.15, 0.2) is 29.3 Å². The van der Waals surface area contributed by atoms with Gasteiger partial charge in [0.25, 0.3) is 11.5 Å². The van der Waals surface area contributed by atoms with Crippen molar-refractivity contribution in [1.29, 1.82) is 0 Å². The molecule has 152 valence electrons. The maximum Gasteiger partial charge on any atom is 0.266 e. The molecule has 1 aliphatic heterocycles. The van der Waals surface area contributed by atoms with Gasteiger partial charge in [0.1, 0.15) is 18.0 Å². The molecule has 0 unspecified atom stereocenters. The minimum atomic E-state index is -0.289. The molecule has 3 aromatic rings. The summed E-state index contributed by atoms with van der Waals surface area (Å²) in [5.74, 6) is 0.965. The number of aromatic nitrogens is 2. The van der Waals surface area contributed by atoms with Gasteiger partial charge >= 0.3 is 0 Å². The van der Waals surface area contributed by atoms with Gasteiger partial charge in [0, 0.05) is 18.4 Å². The van der Waals surface area contributed by atoms with Crippen LogP contribution in [0.2, 0.25) is 0 Å². The third-order valence-corrected chi connectivity index (χ3v) is 5.80. The zero-order valence-electron chi connectivity index (χ0n) is 16.2. The van der Waals surface area contributed by atoms with E-state index in [1.807, 2.05) is 6.92 Å². The normalized spacial score (nSPS) is 12.9. The number of ether oxygens (including phenoxy) is 3. The Morgan fingerprint density at radius 3 is 2.90 bits per heavy atom. The van der Waals surface area contributed by atoms with Gasteiger partial charge in [0.15, 0.2) is 11.5 Å². The summed E-state index contributed by atoms with van der Waals surface area (Å²) in [5.41, 5.74) is 1.06. The van der Waals surface area contributed by atoms with Crippen molar-refractivity contribution in [2.24, 2.45) is 0 Å². The van der Waals surface area contributed by atoms with E-state index >= 15 is 0 Å². The fourth-order valence-corrected chi connectivity index (χ4v) is 4.19. The SMILES string of the molecule is CCOCCn1cnc2sc(C(=O)Nc3ccc4c(c3)OCCO4)c(C)c2c1=O. The van der Waals surface area contributed by atoms with E-state index in [2.05, 4.69) is 10.3 Å². The highest BCUT2D eigenvalue weighted by atomic mass is 32.1. The van der Waals surface area contributed by atoms with Crippen molar-refractivity contribution in [3.63, 3.8) is 0 Å². The highest BCUT2D eigenvalue weighted by molar-refractivity contribution is 7.20. The quantitative estimate of drug-likeness (QED) is 0.623. The van der Waals surface area contributed by atoms with Gasteiger partial charge in [-0.15, -0.1) is 11.3 Å². The van der Waals surface area contributed by atoms with Crippen LogP contribution in [0.3, 0.4) is 0 Å². The van der Waals surface area contributed by atoms with Crippen LogP contribution in [0.25, 0.3) is 10.2 Å². The lowest BCUT2D eigenvalue weighted by molar-refractivity contribution is 0.103. The summed E-state index contributed by atoms with van der Waals surface area (Å²) in [6.07, 6.45) is 1.50.